The van der Waals surface area contributed by atoms with E-state index >= 15 is 0 Å². The topological polar surface area (TPSA) is 153 Å². The molecule has 0 amide bonds. The highest BCUT2D eigenvalue weighted by atomic mass is 19.4. The highest BCUT2D eigenvalue weighted by molar-refractivity contribution is 6.12. The van der Waals surface area contributed by atoms with Gasteiger partial charge in [0, 0.05) is 32.7 Å². The molecule has 0 bridgehead atoms. The van der Waals surface area contributed by atoms with Crippen LogP contribution < -0.4 is 0 Å². The first kappa shape index (κ1) is 32.8. The maximum Gasteiger partial charge on any atom is 0.417 e. The van der Waals surface area contributed by atoms with E-state index < -0.39 is 17.3 Å². The number of nitriles is 6. The van der Waals surface area contributed by atoms with Gasteiger partial charge in [-0.2, -0.15) is 44.7 Å². The minimum atomic E-state index is -4.91. The van der Waals surface area contributed by atoms with Gasteiger partial charge >= 0.3 is 6.18 Å². The summed E-state index contributed by atoms with van der Waals surface area (Å²) in [4.78, 5) is 0. The molecule has 0 unspecified atom stereocenters. The number of alkyl halides is 3. The Balaban J connectivity index is 1.66. The molecule has 0 atom stereocenters. The largest absolute Gasteiger partial charge is 0.417 e. The fraction of sp³-hybridized carbons (Fsp3) is 0.0233. The molecule has 0 radical (unpaired) electrons. The van der Waals surface area contributed by atoms with E-state index in [4.69, 9.17) is 0 Å². The normalized spacial score (nSPS) is 11.1. The molecule has 250 valence electrons. The molecule has 8 nitrogen and oxygen atoms in total. The molecular formula is C43H17F3N8. The lowest BCUT2D eigenvalue weighted by atomic mass is 9.90. The molecule has 0 spiro atoms. The van der Waals surface area contributed by atoms with Gasteiger partial charge in [-0.3, -0.25) is 0 Å². The summed E-state index contributed by atoms with van der Waals surface area (Å²) in [5.74, 6) is 0. The Labute approximate surface area is 304 Å². The molecule has 2 aromatic heterocycles. The molecule has 8 aromatic rings. The molecule has 8 rings (SSSR count). The van der Waals surface area contributed by atoms with Crippen LogP contribution in [0, 0.1) is 68.0 Å². The summed E-state index contributed by atoms with van der Waals surface area (Å²) in [7, 11) is 0. The van der Waals surface area contributed by atoms with Crippen molar-refractivity contribution in [3.63, 3.8) is 0 Å². The summed E-state index contributed by atoms with van der Waals surface area (Å²) < 4.78 is 47.9. The second kappa shape index (κ2) is 12.2. The highest BCUT2D eigenvalue weighted by Crippen LogP contribution is 2.46. The number of fused-ring (bicyclic) bond motifs is 6. The summed E-state index contributed by atoms with van der Waals surface area (Å²) >= 11 is 0. The average molecular weight is 703 g/mol. The Morgan fingerprint density at radius 1 is 0.463 bits per heavy atom. The van der Waals surface area contributed by atoms with Crippen LogP contribution in [0.2, 0.25) is 0 Å². The van der Waals surface area contributed by atoms with E-state index in [9.17, 15) is 44.7 Å². The van der Waals surface area contributed by atoms with Crippen molar-refractivity contribution in [1.82, 2.24) is 9.13 Å². The summed E-state index contributed by atoms with van der Waals surface area (Å²) in [6.45, 7) is 0. The van der Waals surface area contributed by atoms with E-state index in [1.807, 2.05) is 6.07 Å². The molecule has 2 heterocycles. The van der Waals surface area contributed by atoms with Gasteiger partial charge in [0.25, 0.3) is 0 Å². The third-order valence-electron chi connectivity index (χ3n) is 9.54. The molecule has 0 aliphatic rings. The van der Waals surface area contributed by atoms with Crippen LogP contribution in [0.5, 0.6) is 0 Å². The van der Waals surface area contributed by atoms with Crippen LogP contribution in [-0.2, 0) is 6.18 Å². The van der Waals surface area contributed by atoms with Gasteiger partial charge < -0.3 is 9.13 Å². The molecule has 11 heteroatoms. The van der Waals surface area contributed by atoms with Crippen LogP contribution in [0.3, 0.4) is 0 Å². The van der Waals surface area contributed by atoms with Gasteiger partial charge in [-0.1, -0.05) is 36.4 Å². The fourth-order valence-electron chi connectivity index (χ4n) is 7.30. The number of rotatable bonds is 3. The van der Waals surface area contributed by atoms with Gasteiger partial charge in [-0.05, 0) is 66.7 Å². The van der Waals surface area contributed by atoms with E-state index in [1.165, 1.54) is 18.2 Å². The maximum atomic E-state index is 14.9. The Morgan fingerprint density at radius 2 is 0.907 bits per heavy atom. The summed E-state index contributed by atoms with van der Waals surface area (Å²) in [5, 5.41) is 63.6. The third kappa shape index (κ3) is 4.80. The molecule has 0 N–H and O–H groups in total. The van der Waals surface area contributed by atoms with Gasteiger partial charge in [-0.15, -0.1) is 0 Å². The van der Waals surface area contributed by atoms with E-state index in [-0.39, 0.29) is 39.2 Å². The van der Waals surface area contributed by atoms with Gasteiger partial charge in [0.2, 0.25) is 0 Å². The number of hydrogen-bond donors (Lipinski definition) is 0. The van der Waals surface area contributed by atoms with Crippen molar-refractivity contribution in [2.75, 3.05) is 0 Å². The Morgan fingerprint density at radius 3 is 1.30 bits per heavy atom. The first-order valence-electron chi connectivity index (χ1n) is 16.1. The van der Waals surface area contributed by atoms with Crippen LogP contribution in [0.25, 0.3) is 66.1 Å². The van der Waals surface area contributed by atoms with E-state index in [0.29, 0.717) is 54.7 Å². The Kier molecular flexibility index (Phi) is 7.39. The van der Waals surface area contributed by atoms with Gasteiger partial charge in [0.1, 0.15) is 11.6 Å². The minimum Gasteiger partial charge on any atom is -0.308 e. The van der Waals surface area contributed by atoms with Crippen LogP contribution >= 0.6 is 0 Å². The second-order valence-corrected chi connectivity index (χ2v) is 12.4. The van der Waals surface area contributed by atoms with E-state index in [0.717, 1.165) is 12.1 Å². The monoisotopic (exact) mass is 702 g/mol. The molecule has 0 fully saturated rings. The molecule has 0 saturated carbocycles. The predicted octanol–water partition coefficient (Wildman–Crippen LogP) is 9.80. The third-order valence-corrected chi connectivity index (χ3v) is 9.54. The maximum absolute atomic E-state index is 14.9. The SMILES string of the molecule is N#Cc1ccc2c3ccc(C#N)cc3n(-c3ccc(-c4c(C#N)cccc4C(F)(F)F)c(-n4c5cc(C#N)ccc5c5ccc(C#N)cc54)c3C#N)c2c1. The lowest BCUT2D eigenvalue weighted by Gasteiger charge is -2.22. The average Bonchev–Trinajstić information content (AvgIpc) is 3.69. The lowest BCUT2D eigenvalue weighted by molar-refractivity contribution is -0.137. The summed E-state index contributed by atoms with van der Waals surface area (Å²) in [5.41, 5.74) is 0.809. The van der Waals surface area contributed by atoms with Gasteiger partial charge in [0.15, 0.2) is 0 Å². The molecule has 0 aliphatic heterocycles. The molecule has 0 saturated heterocycles. The molecule has 0 aliphatic carbocycles. The van der Waals surface area contributed by atoms with E-state index in [2.05, 4.69) is 30.3 Å². The zero-order valence-corrected chi connectivity index (χ0v) is 27.5. The van der Waals surface area contributed by atoms with Crippen molar-refractivity contribution in [2.24, 2.45) is 0 Å². The van der Waals surface area contributed by atoms with Gasteiger partial charge in [-0.25, -0.2) is 0 Å². The van der Waals surface area contributed by atoms with Crippen LogP contribution in [-0.4, -0.2) is 9.13 Å². The van der Waals surface area contributed by atoms with Crippen LogP contribution in [0.1, 0.15) is 38.9 Å². The fourth-order valence-corrected chi connectivity index (χ4v) is 7.30. The number of aromatic nitrogens is 2. The number of hydrogen-bond acceptors (Lipinski definition) is 6. The molecular weight excluding hydrogens is 686 g/mol. The van der Waals surface area contributed by atoms with Crippen LogP contribution in [0.15, 0.2) is 103 Å². The second-order valence-electron chi connectivity index (χ2n) is 12.4. The standard InChI is InChI=1S/C43H17F3N8/c44-43(45,46)35-3-1-2-28(22-51)41(35)33-12-13-36(53-37-14-24(18-47)4-8-29(37)30-9-5-25(19-48)15-38(30)53)34(23-52)42(33)54-39-16-26(20-49)6-10-31(39)32-11-7-27(21-50)17-40(32)54/h1-17H. The molecule has 54 heavy (non-hydrogen) atoms. The lowest BCUT2D eigenvalue weighted by Crippen LogP contribution is -2.11. The van der Waals surface area contributed by atoms with Crippen molar-refractivity contribution >= 4 is 43.6 Å². The van der Waals surface area contributed by atoms with Crippen molar-refractivity contribution in [3.8, 4) is 58.9 Å². The van der Waals surface area contributed by atoms with Crippen molar-refractivity contribution in [2.45, 2.75) is 6.18 Å². The zero-order valence-electron chi connectivity index (χ0n) is 27.5. The zero-order chi connectivity index (χ0) is 37.9. The number of halogens is 3. The number of benzene rings is 6. The first-order chi connectivity index (χ1) is 26.1. The Hall–Kier alpha value is -8.35. The minimum absolute atomic E-state index is 0.0451. The van der Waals surface area contributed by atoms with Crippen LogP contribution in [0.4, 0.5) is 13.2 Å². The summed E-state index contributed by atoms with van der Waals surface area (Å²) in [6, 6.07) is 38.5. The van der Waals surface area contributed by atoms with Crippen molar-refractivity contribution in [3.05, 3.63) is 142 Å². The summed E-state index contributed by atoms with van der Waals surface area (Å²) in [6.07, 6.45) is -4.91. The smallest absolute Gasteiger partial charge is 0.308 e. The number of nitrogens with zero attached hydrogens (tertiary/aromatic N) is 8. The Bertz CT molecular complexity index is 3090. The quantitative estimate of drug-likeness (QED) is 0.179. The highest BCUT2D eigenvalue weighted by Gasteiger charge is 2.36. The molecule has 6 aromatic carbocycles. The predicted molar refractivity (Wildman–Crippen MR) is 194 cm³/mol. The van der Waals surface area contributed by atoms with Crippen molar-refractivity contribution in [1.29, 1.82) is 31.6 Å². The van der Waals surface area contributed by atoms with Gasteiger partial charge in [0.05, 0.1) is 97.2 Å². The van der Waals surface area contributed by atoms with E-state index in [1.54, 1.807) is 81.9 Å². The first-order valence-corrected chi connectivity index (χ1v) is 16.1. The van der Waals surface area contributed by atoms with Crippen molar-refractivity contribution < 1.29 is 13.2 Å².